The predicted molar refractivity (Wildman–Crippen MR) is 67.2 cm³/mol. The van der Waals surface area contributed by atoms with E-state index in [4.69, 9.17) is 5.11 Å². The summed E-state index contributed by atoms with van der Waals surface area (Å²) >= 11 is -0.446. The molecule has 1 aromatic rings. The Balaban J connectivity index is 3.04. The monoisotopic (exact) mass is 312 g/mol. The second-order valence-corrected chi connectivity index (χ2v) is 4.73. The van der Waals surface area contributed by atoms with E-state index in [1.807, 2.05) is 0 Å². The van der Waals surface area contributed by atoms with Gasteiger partial charge in [-0.05, 0) is 30.0 Å². The fourth-order valence-electron chi connectivity index (χ4n) is 1.47. The lowest BCUT2D eigenvalue weighted by Crippen LogP contribution is -2.40. The summed E-state index contributed by atoms with van der Waals surface area (Å²) in [5.74, 6) is -0.976. The molecule has 20 heavy (non-hydrogen) atoms. The second kappa shape index (κ2) is 6.80. The van der Waals surface area contributed by atoms with Crippen molar-refractivity contribution in [1.29, 1.82) is 0 Å². The molecule has 0 bridgehead atoms. The van der Waals surface area contributed by atoms with Crippen LogP contribution in [0.15, 0.2) is 23.1 Å². The summed E-state index contributed by atoms with van der Waals surface area (Å²) < 4.78 is 50.3. The summed E-state index contributed by atoms with van der Waals surface area (Å²) in [6, 6.07) is 2.15. The minimum Gasteiger partial charge on any atom is -0.395 e. The zero-order valence-corrected chi connectivity index (χ0v) is 11.2. The lowest BCUT2D eigenvalue weighted by Gasteiger charge is -2.22. The molecular weight excluding hydrogens is 300 g/mol. The van der Waals surface area contributed by atoms with E-state index in [0.29, 0.717) is 6.07 Å². The molecule has 0 spiro atoms. The van der Waals surface area contributed by atoms with Crippen molar-refractivity contribution < 1.29 is 27.5 Å². The zero-order valence-electron chi connectivity index (χ0n) is 10.4. The molecule has 0 aliphatic carbocycles. The SMILES string of the molecule is CNC(=O)N(CCO)c1ccc(SC(F)(F)F)cc1F. The molecule has 0 unspecified atom stereocenters. The van der Waals surface area contributed by atoms with Crippen LogP contribution in [0.1, 0.15) is 0 Å². The smallest absolute Gasteiger partial charge is 0.395 e. The number of hydrogen-bond acceptors (Lipinski definition) is 3. The molecule has 0 heterocycles. The summed E-state index contributed by atoms with van der Waals surface area (Å²) in [6.07, 6.45) is 0. The number of urea groups is 1. The van der Waals surface area contributed by atoms with E-state index in [1.54, 1.807) is 0 Å². The average molecular weight is 312 g/mol. The van der Waals surface area contributed by atoms with Crippen molar-refractivity contribution in [3.05, 3.63) is 24.0 Å². The van der Waals surface area contributed by atoms with Gasteiger partial charge < -0.3 is 10.4 Å². The van der Waals surface area contributed by atoms with Gasteiger partial charge in [0, 0.05) is 11.9 Å². The molecule has 0 aliphatic heterocycles. The predicted octanol–water partition coefficient (Wildman–Crippen LogP) is 2.58. The largest absolute Gasteiger partial charge is 0.446 e. The van der Waals surface area contributed by atoms with Crippen molar-refractivity contribution in [2.75, 3.05) is 25.1 Å². The number of carbonyl (C=O) groups is 1. The van der Waals surface area contributed by atoms with E-state index in [-0.39, 0.29) is 17.1 Å². The summed E-state index contributed by atoms with van der Waals surface area (Å²) in [5, 5.41) is 11.1. The number of aliphatic hydroxyl groups excluding tert-OH is 1. The Morgan fingerprint density at radius 3 is 2.55 bits per heavy atom. The molecule has 0 radical (unpaired) electrons. The Bertz CT molecular complexity index is 482. The van der Waals surface area contributed by atoms with Crippen LogP contribution in [-0.2, 0) is 0 Å². The number of hydrogen-bond donors (Lipinski definition) is 2. The van der Waals surface area contributed by atoms with E-state index in [9.17, 15) is 22.4 Å². The normalized spacial score (nSPS) is 11.3. The molecule has 0 saturated carbocycles. The fraction of sp³-hybridized carbons (Fsp3) is 0.364. The molecule has 9 heteroatoms. The first-order valence-corrected chi connectivity index (χ1v) is 6.25. The Morgan fingerprint density at radius 1 is 1.45 bits per heavy atom. The van der Waals surface area contributed by atoms with Gasteiger partial charge in [0.1, 0.15) is 5.82 Å². The van der Waals surface area contributed by atoms with E-state index >= 15 is 0 Å². The van der Waals surface area contributed by atoms with Gasteiger partial charge in [-0.1, -0.05) is 0 Å². The van der Waals surface area contributed by atoms with Crippen molar-refractivity contribution in [2.45, 2.75) is 10.4 Å². The summed E-state index contributed by atoms with van der Waals surface area (Å²) in [7, 11) is 1.32. The number of nitrogens with zero attached hydrogens (tertiary/aromatic N) is 1. The average Bonchev–Trinajstić information content (AvgIpc) is 2.34. The number of amides is 2. The van der Waals surface area contributed by atoms with Crippen LogP contribution in [0.2, 0.25) is 0 Å². The minimum atomic E-state index is -4.51. The van der Waals surface area contributed by atoms with Gasteiger partial charge in [0.25, 0.3) is 0 Å². The van der Waals surface area contributed by atoms with Gasteiger partial charge in [0.2, 0.25) is 0 Å². The van der Waals surface area contributed by atoms with Crippen LogP contribution in [0.25, 0.3) is 0 Å². The molecule has 0 fully saturated rings. The number of halogens is 4. The zero-order chi connectivity index (χ0) is 15.3. The van der Waals surface area contributed by atoms with Gasteiger partial charge in [0.15, 0.2) is 0 Å². The van der Waals surface area contributed by atoms with Crippen molar-refractivity contribution in [1.82, 2.24) is 5.32 Å². The third-order valence-electron chi connectivity index (χ3n) is 2.23. The van der Waals surface area contributed by atoms with Gasteiger partial charge in [0.05, 0.1) is 18.8 Å². The highest BCUT2D eigenvalue weighted by Crippen LogP contribution is 2.38. The number of alkyl halides is 3. The van der Waals surface area contributed by atoms with Crippen LogP contribution in [-0.4, -0.2) is 36.8 Å². The van der Waals surface area contributed by atoms with Gasteiger partial charge in [-0.25, -0.2) is 9.18 Å². The summed E-state index contributed by atoms with van der Waals surface area (Å²) in [5.41, 5.74) is -4.72. The highest BCUT2D eigenvalue weighted by atomic mass is 32.2. The third-order valence-corrected chi connectivity index (χ3v) is 2.95. The van der Waals surface area contributed by atoms with E-state index in [0.717, 1.165) is 17.0 Å². The second-order valence-electron chi connectivity index (χ2n) is 3.59. The highest BCUT2D eigenvalue weighted by Gasteiger charge is 2.30. The van der Waals surface area contributed by atoms with Gasteiger partial charge >= 0.3 is 11.5 Å². The van der Waals surface area contributed by atoms with E-state index in [2.05, 4.69) is 5.32 Å². The van der Waals surface area contributed by atoms with Crippen molar-refractivity contribution in [3.8, 4) is 0 Å². The maximum absolute atomic E-state index is 13.8. The van der Waals surface area contributed by atoms with Gasteiger partial charge in [-0.15, -0.1) is 0 Å². The standard InChI is InChI=1S/C11H12F4N2O2S/c1-16-10(19)17(4-5-18)9-3-2-7(6-8(9)12)20-11(13,14)15/h2-3,6,18H,4-5H2,1H3,(H,16,19). The molecule has 1 rings (SSSR count). The number of benzene rings is 1. The number of nitrogens with one attached hydrogen (secondary N) is 1. The van der Waals surface area contributed by atoms with Crippen LogP contribution < -0.4 is 10.2 Å². The molecule has 2 amide bonds. The van der Waals surface area contributed by atoms with Crippen molar-refractivity contribution in [3.63, 3.8) is 0 Å². The Kier molecular flexibility index (Phi) is 5.63. The number of thioether (sulfide) groups is 1. The van der Waals surface area contributed by atoms with Gasteiger partial charge in [-0.3, -0.25) is 4.90 Å². The molecule has 0 atom stereocenters. The van der Waals surface area contributed by atoms with Crippen molar-refractivity contribution in [2.24, 2.45) is 0 Å². The Labute approximate surface area is 116 Å². The van der Waals surface area contributed by atoms with Crippen LogP contribution in [0.5, 0.6) is 0 Å². The van der Waals surface area contributed by atoms with Crippen LogP contribution in [0.3, 0.4) is 0 Å². The van der Waals surface area contributed by atoms with Crippen molar-refractivity contribution >= 4 is 23.5 Å². The Morgan fingerprint density at radius 2 is 2.10 bits per heavy atom. The molecule has 0 aliphatic rings. The number of rotatable bonds is 4. The lowest BCUT2D eigenvalue weighted by molar-refractivity contribution is -0.0328. The number of anilines is 1. The topological polar surface area (TPSA) is 52.6 Å². The minimum absolute atomic E-state index is 0.178. The van der Waals surface area contributed by atoms with E-state index in [1.165, 1.54) is 7.05 Å². The maximum atomic E-state index is 13.8. The first-order chi connectivity index (χ1) is 9.28. The molecule has 112 valence electrons. The van der Waals surface area contributed by atoms with E-state index < -0.39 is 35.7 Å². The lowest BCUT2D eigenvalue weighted by atomic mass is 10.2. The maximum Gasteiger partial charge on any atom is 0.446 e. The van der Waals surface area contributed by atoms with Crippen LogP contribution in [0.4, 0.5) is 28.0 Å². The van der Waals surface area contributed by atoms with Crippen LogP contribution >= 0.6 is 11.8 Å². The molecule has 2 N–H and O–H groups in total. The van der Waals surface area contributed by atoms with Crippen LogP contribution in [0, 0.1) is 5.82 Å². The molecule has 0 saturated heterocycles. The molecule has 1 aromatic carbocycles. The quantitative estimate of drug-likeness (QED) is 0.664. The fourth-order valence-corrected chi connectivity index (χ4v) is 2.04. The molecular formula is C11H12F4N2O2S. The van der Waals surface area contributed by atoms with Gasteiger partial charge in [-0.2, -0.15) is 13.2 Å². The number of carbonyl (C=O) groups excluding carboxylic acids is 1. The first kappa shape index (κ1) is 16.6. The third kappa shape index (κ3) is 4.57. The summed E-state index contributed by atoms with van der Waals surface area (Å²) in [4.78, 5) is 12.1. The molecule has 4 nitrogen and oxygen atoms in total. The molecule has 0 aromatic heterocycles. The Hall–Kier alpha value is -1.48. The first-order valence-electron chi connectivity index (χ1n) is 5.44. The summed E-state index contributed by atoms with van der Waals surface area (Å²) in [6.45, 7) is -0.589. The highest BCUT2D eigenvalue weighted by molar-refractivity contribution is 8.00. The number of aliphatic hydroxyl groups is 1.